The molecule has 1 rings (SSSR count). The highest BCUT2D eigenvalue weighted by Gasteiger charge is 2.39. The van der Waals surface area contributed by atoms with E-state index in [1.807, 2.05) is 20.8 Å². The molecule has 1 heterocycles. The van der Waals surface area contributed by atoms with Crippen molar-refractivity contribution in [3.05, 3.63) is 0 Å². The Morgan fingerprint density at radius 1 is 1.27 bits per heavy atom. The summed E-state index contributed by atoms with van der Waals surface area (Å²) in [4.78, 5) is 1.35. The highest BCUT2D eigenvalue weighted by atomic mass is 32.2. The summed E-state index contributed by atoms with van der Waals surface area (Å²) in [5.74, 6) is 0.282. The van der Waals surface area contributed by atoms with Crippen LogP contribution >= 0.6 is 0 Å². The van der Waals surface area contributed by atoms with Gasteiger partial charge < -0.3 is 5.32 Å². The molecule has 0 bridgehead atoms. The summed E-state index contributed by atoms with van der Waals surface area (Å²) in [5, 5.41) is 3.23. The molecule has 1 saturated heterocycles. The largest absolute Gasteiger partial charge is 0.314 e. The topological polar surface area (TPSA) is 49.4 Å². The van der Waals surface area contributed by atoms with E-state index in [1.165, 1.54) is 0 Å². The molecule has 0 aromatic carbocycles. The van der Waals surface area contributed by atoms with Crippen LogP contribution in [0, 0.1) is 0 Å². The van der Waals surface area contributed by atoms with Crippen LogP contribution in [0.2, 0.25) is 0 Å². The van der Waals surface area contributed by atoms with Gasteiger partial charge in [0, 0.05) is 26.2 Å². The maximum Gasteiger partial charge on any atom is 0.168 e. The molecule has 5 heteroatoms. The lowest BCUT2D eigenvalue weighted by molar-refractivity contribution is 0.163. The molecule has 0 saturated carbocycles. The molecule has 0 aromatic heterocycles. The average molecular weight is 234 g/mol. The highest BCUT2D eigenvalue weighted by molar-refractivity contribution is 7.92. The molecule has 15 heavy (non-hydrogen) atoms. The summed E-state index contributed by atoms with van der Waals surface area (Å²) in [6, 6.07) is 0. The molecule has 1 aliphatic heterocycles. The van der Waals surface area contributed by atoms with Crippen molar-refractivity contribution in [2.75, 3.05) is 31.9 Å². The van der Waals surface area contributed by atoms with Gasteiger partial charge in [-0.15, -0.1) is 0 Å². The highest BCUT2D eigenvalue weighted by Crippen LogP contribution is 2.23. The second-order valence-corrected chi connectivity index (χ2v) is 7.14. The monoisotopic (exact) mass is 234 g/mol. The molecule has 0 aliphatic carbocycles. The van der Waals surface area contributed by atoms with Gasteiger partial charge in [-0.25, -0.2) is 8.42 Å². The summed E-state index contributed by atoms with van der Waals surface area (Å²) in [7, 11) is -3.01. The first-order valence-corrected chi connectivity index (χ1v) is 7.25. The van der Waals surface area contributed by atoms with Gasteiger partial charge in [0.2, 0.25) is 0 Å². The lowest BCUT2D eigenvalue weighted by Gasteiger charge is -2.40. The summed E-state index contributed by atoms with van der Waals surface area (Å²) >= 11 is 0. The number of hydrogen-bond acceptors (Lipinski definition) is 4. The van der Waals surface area contributed by atoms with Crippen molar-refractivity contribution in [3.63, 3.8) is 0 Å². The maximum absolute atomic E-state index is 12.1. The lowest BCUT2D eigenvalue weighted by atomic mass is 10.2. The van der Waals surface area contributed by atoms with Crippen LogP contribution in [0.5, 0.6) is 0 Å². The fourth-order valence-corrected chi connectivity index (χ4v) is 3.53. The van der Waals surface area contributed by atoms with Crippen molar-refractivity contribution in [3.8, 4) is 0 Å². The van der Waals surface area contributed by atoms with E-state index >= 15 is 0 Å². The summed E-state index contributed by atoms with van der Waals surface area (Å²) in [6.45, 7) is 8.94. The predicted molar refractivity (Wildman–Crippen MR) is 62.6 cm³/mol. The van der Waals surface area contributed by atoms with Crippen molar-refractivity contribution >= 4 is 9.84 Å². The molecule has 0 unspecified atom stereocenters. The zero-order valence-corrected chi connectivity index (χ0v) is 10.7. The van der Waals surface area contributed by atoms with Gasteiger partial charge >= 0.3 is 0 Å². The lowest BCUT2D eigenvalue weighted by Crippen LogP contribution is -2.57. The Hall–Kier alpha value is -0.130. The van der Waals surface area contributed by atoms with Gasteiger partial charge in [0.05, 0.1) is 5.75 Å². The zero-order valence-electron chi connectivity index (χ0n) is 9.91. The van der Waals surface area contributed by atoms with Crippen molar-refractivity contribution < 1.29 is 8.42 Å². The Kier molecular flexibility index (Phi) is 4.14. The van der Waals surface area contributed by atoms with Gasteiger partial charge in [-0.2, -0.15) is 0 Å². The standard InChI is InChI=1S/C10H22N2O2S/c1-4-9-15(13,14)10(2,3)12-7-5-11-6-8-12/h11H,4-9H2,1-3H3. The molecule has 1 N–H and O–H groups in total. The average Bonchev–Trinajstić information content (AvgIpc) is 2.19. The van der Waals surface area contributed by atoms with Gasteiger partial charge in [0.1, 0.15) is 4.87 Å². The summed E-state index contributed by atoms with van der Waals surface area (Å²) < 4.78 is 24.2. The minimum atomic E-state index is -3.01. The Morgan fingerprint density at radius 3 is 2.27 bits per heavy atom. The van der Waals surface area contributed by atoms with E-state index in [0.29, 0.717) is 6.42 Å². The quantitative estimate of drug-likeness (QED) is 0.767. The normalized spacial score (nSPS) is 20.5. The third-order valence-electron chi connectivity index (χ3n) is 3.11. The van der Waals surface area contributed by atoms with E-state index in [4.69, 9.17) is 0 Å². The molecule has 0 spiro atoms. The summed E-state index contributed by atoms with van der Waals surface area (Å²) in [6.07, 6.45) is 0.692. The number of nitrogens with one attached hydrogen (secondary N) is 1. The van der Waals surface area contributed by atoms with Crippen LogP contribution in [0.15, 0.2) is 0 Å². The van der Waals surface area contributed by atoms with Crippen LogP contribution in [0.4, 0.5) is 0 Å². The number of rotatable bonds is 4. The Balaban J connectivity index is 2.80. The number of piperazine rings is 1. The summed E-state index contributed by atoms with van der Waals surface area (Å²) in [5.41, 5.74) is 0. The van der Waals surface area contributed by atoms with Crippen LogP contribution in [0.25, 0.3) is 0 Å². The smallest absolute Gasteiger partial charge is 0.168 e. The van der Waals surface area contributed by atoms with Crippen molar-refractivity contribution in [2.45, 2.75) is 32.1 Å². The van der Waals surface area contributed by atoms with Gasteiger partial charge in [-0.3, -0.25) is 4.90 Å². The molecule has 0 atom stereocenters. The number of sulfone groups is 1. The third kappa shape index (κ3) is 2.71. The van der Waals surface area contributed by atoms with E-state index in [2.05, 4.69) is 10.2 Å². The van der Waals surface area contributed by atoms with Gasteiger partial charge in [0.15, 0.2) is 9.84 Å². The van der Waals surface area contributed by atoms with E-state index in [9.17, 15) is 8.42 Å². The van der Waals surface area contributed by atoms with E-state index < -0.39 is 14.7 Å². The number of nitrogens with zero attached hydrogens (tertiary/aromatic N) is 1. The van der Waals surface area contributed by atoms with Gasteiger partial charge in [-0.1, -0.05) is 6.92 Å². The third-order valence-corrected chi connectivity index (χ3v) is 5.84. The van der Waals surface area contributed by atoms with Gasteiger partial charge in [0.25, 0.3) is 0 Å². The predicted octanol–water partition coefficient (Wildman–Crippen LogP) is 0.452. The molecule has 0 aromatic rings. The SMILES string of the molecule is CCCS(=O)(=O)C(C)(C)N1CCNCC1. The zero-order chi connectivity index (χ0) is 11.5. The molecular formula is C10H22N2O2S. The van der Waals surface area contributed by atoms with Crippen LogP contribution in [-0.4, -0.2) is 50.1 Å². The fourth-order valence-electron chi connectivity index (χ4n) is 1.92. The molecule has 90 valence electrons. The van der Waals surface area contributed by atoms with Crippen LogP contribution in [0.3, 0.4) is 0 Å². The van der Waals surface area contributed by atoms with Crippen molar-refractivity contribution in [1.82, 2.24) is 10.2 Å². The minimum absolute atomic E-state index is 0.282. The van der Waals surface area contributed by atoms with E-state index in [-0.39, 0.29) is 5.75 Å². The molecule has 0 amide bonds. The Morgan fingerprint density at radius 2 is 1.80 bits per heavy atom. The number of hydrogen-bond donors (Lipinski definition) is 1. The maximum atomic E-state index is 12.1. The molecule has 4 nitrogen and oxygen atoms in total. The van der Waals surface area contributed by atoms with Crippen molar-refractivity contribution in [1.29, 1.82) is 0 Å². The van der Waals surface area contributed by atoms with Crippen molar-refractivity contribution in [2.24, 2.45) is 0 Å². The first-order valence-electron chi connectivity index (χ1n) is 5.60. The minimum Gasteiger partial charge on any atom is -0.314 e. The molecule has 0 radical (unpaired) electrons. The fraction of sp³-hybridized carbons (Fsp3) is 1.00. The van der Waals surface area contributed by atoms with Crippen LogP contribution in [-0.2, 0) is 9.84 Å². The van der Waals surface area contributed by atoms with Crippen LogP contribution < -0.4 is 5.32 Å². The second-order valence-electron chi connectivity index (χ2n) is 4.50. The second kappa shape index (κ2) is 4.80. The molecule has 1 fully saturated rings. The van der Waals surface area contributed by atoms with E-state index in [1.54, 1.807) is 0 Å². The van der Waals surface area contributed by atoms with Gasteiger partial charge in [-0.05, 0) is 20.3 Å². The Bertz CT molecular complexity index is 293. The first kappa shape index (κ1) is 12.9. The molecular weight excluding hydrogens is 212 g/mol. The Labute approximate surface area is 93.0 Å². The molecule has 1 aliphatic rings. The van der Waals surface area contributed by atoms with Crippen LogP contribution in [0.1, 0.15) is 27.2 Å². The first-order chi connectivity index (χ1) is 6.92. The van der Waals surface area contributed by atoms with E-state index in [0.717, 1.165) is 26.2 Å².